The molecule has 0 radical (unpaired) electrons. The van der Waals surface area contributed by atoms with Gasteiger partial charge < -0.3 is 21.4 Å². The monoisotopic (exact) mass is 265 g/mol. The molecule has 104 valence electrons. The topological polar surface area (TPSA) is 122 Å². The number of hydrazine groups is 1. The zero-order valence-corrected chi connectivity index (χ0v) is 11.1. The minimum atomic E-state index is -0.412. The highest BCUT2D eigenvalue weighted by Gasteiger charge is 2.40. The van der Waals surface area contributed by atoms with Crippen molar-refractivity contribution < 1.29 is 4.79 Å². The Hall–Kier alpha value is -2.09. The van der Waals surface area contributed by atoms with Crippen LogP contribution >= 0.6 is 0 Å². The minimum absolute atomic E-state index is 0.0363. The highest BCUT2D eigenvalue weighted by molar-refractivity contribution is 5.83. The summed E-state index contributed by atoms with van der Waals surface area (Å²) in [6.45, 7) is 3.27. The van der Waals surface area contributed by atoms with Crippen LogP contribution in [-0.2, 0) is 4.79 Å². The minimum Gasteiger partial charge on any atom is -0.368 e. The lowest BCUT2D eigenvalue weighted by atomic mass is 9.89. The second kappa shape index (κ2) is 4.88. The summed E-state index contributed by atoms with van der Waals surface area (Å²) in [6.07, 6.45) is 0.766. The molecular weight excluding hydrogens is 246 g/mol. The maximum Gasteiger partial charge on any atom is 0.227 e. The van der Waals surface area contributed by atoms with Gasteiger partial charge in [0.25, 0.3) is 0 Å². The van der Waals surface area contributed by atoms with Gasteiger partial charge in [-0.25, -0.2) is 5.84 Å². The fourth-order valence-electron chi connectivity index (χ4n) is 2.33. The van der Waals surface area contributed by atoms with Crippen molar-refractivity contribution in [3.63, 3.8) is 0 Å². The van der Waals surface area contributed by atoms with Crippen molar-refractivity contribution in [3.05, 3.63) is 6.07 Å². The summed E-state index contributed by atoms with van der Waals surface area (Å²) in [4.78, 5) is 22.0. The van der Waals surface area contributed by atoms with Gasteiger partial charge in [-0.3, -0.25) is 4.79 Å². The first-order valence-corrected chi connectivity index (χ1v) is 6.07. The first-order valence-electron chi connectivity index (χ1n) is 6.07. The van der Waals surface area contributed by atoms with Crippen molar-refractivity contribution in [2.45, 2.75) is 13.3 Å². The molecule has 2 heterocycles. The molecule has 1 aliphatic rings. The Labute approximate surface area is 111 Å². The molecule has 2 rings (SSSR count). The van der Waals surface area contributed by atoms with Crippen molar-refractivity contribution in [1.29, 1.82) is 0 Å². The quantitative estimate of drug-likeness (QED) is 0.421. The fraction of sp³-hybridized carbons (Fsp3) is 0.545. The largest absolute Gasteiger partial charge is 0.368 e. The van der Waals surface area contributed by atoms with Crippen molar-refractivity contribution in [2.24, 2.45) is 11.3 Å². The molecule has 0 bridgehead atoms. The van der Waals surface area contributed by atoms with Gasteiger partial charge in [-0.2, -0.15) is 9.97 Å². The zero-order valence-electron chi connectivity index (χ0n) is 11.1. The number of hydrogen-bond acceptors (Lipinski definition) is 7. The Morgan fingerprint density at radius 2 is 2.26 bits per heavy atom. The normalized spacial score (nSPS) is 22.4. The number of anilines is 3. The summed E-state index contributed by atoms with van der Waals surface area (Å²) in [7, 11) is 1.65. The van der Waals surface area contributed by atoms with Crippen LogP contribution in [0.3, 0.4) is 0 Å². The van der Waals surface area contributed by atoms with Gasteiger partial charge in [0.2, 0.25) is 11.9 Å². The molecule has 1 atom stereocenters. The smallest absolute Gasteiger partial charge is 0.227 e. The summed E-state index contributed by atoms with van der Waals surface area (Å²) in [5, 5.41) is 2.70. The van der Waals surface area contributed by atoms with Gasteiger partial charge >= 0.3 is 0 Å². The Bertz CT molecular complexity index is 492. The van der Waals surface area contributed by atoms with Crippen LogP contribution in [-0.4, -0.2) is 36.0 Å². The van der Waals surface area contributed by atoms with Gasteiger partial charge in [-0.05, 0) is 13.3 Å². The Morgan fingerprint density at radius 3 is 2.89 bits per heavy atom. The molecule has 0 aliphatic carbocycles. The number of rotatable bonds is 3. The molecule has 1 aromatic heterocycles. The predicted molar refractivity (Wildman–Crippen MR) is 73.3 cm³/mol. The van der Waals surface area contributed by atoms with Crippen molar-refractivity contribution in [3.8, 4) is 0 Å². The number of nitrogens with zero attached hydrogens (tertiary/aromatic N) is 3. The lowest BCUT2D eigenvalue weighted by Crippen LogP contribution is -2.39. The number of carbonyl (C=O) groups excluding carboxylic acids is 1. The highest BCUT2D eigenvalue weighted by atomic mass is 16.2. The fourth-order valence-corrected chi connectivity index (χ4v) is 2.33. The standard InChI is InChI=1S/C11H19N7O/c1-11(9(19)14-2)3-4-18(6-11)8-5-7(17-13)15-10(12)16-8/h5H,3-4,6,13H2,1-2H3,(H,14,19)(H3,12,15,16,17). The molecular formula is C11H19N7O. The summed E-state index contributed by atoms with van der Waals surface area (Å²) >= 11 is 0. The van der Waals surface area contributed by atoms with Crippen LogP contribution < -0.4 is 27.2 Å². The van der Waals surface area contributed by atoms with E-state index in [9.17, 15) is 4.79 Å². The summed E-state index contributed by atoms with van der Waals surface area (Å²) < 4.78 is 0. The van der Waals surface area contributed by atoms with E-state index in [1.54, 1.807) is 13.1 Å². The van der Waals surface area contributed by atoms with E-state index in [2.05, 4.69) is 20.7 Å². The van der Waals surface area contributed by atoms with E-state index >= 15 is 0 Å². The van der Waals surface area contributed by atoms with E-state index in [1.165, 1.54) is 0 Å². The van der Waals surface area contributed by atoms with E-state index in [4.69, 9.17) is 11.6 Å². The molecule has 1 amide bonds. The SMILES string of the molecule is CNC(=O)C1(C)CCN(c2cc(NN)nc(N)n2)C1. The third kappa shape index (κ3) is 2.53. The van der Waals surface area contributed by atoms with Crippen LogP contribution in [0.4, 0.5) is 17.6 Å². The van der Waals surface area contributed by atoms with Crippen LogP contribution in [0.15, 0.2) is 6.07 Å². The van der Waals surface area contributed by atoms with Gasteiger partial charge in [0.05, 0.1) is 5.41 Å². The van der Waals surface area contributed by atoms with Crippen molar-refractivity contribution in [1.82, 2.24) is 15.3 Å². The van der Waals surface area contributed by atoms with Gasteiger partial charge in [-0.15, -0.1) is 0 Å². The third-order valence-corrected chi connectivity index (χ3v) is 3.45. The number of nitrogen functional groups attached to an aromatic ring is 2. The Kier molecular flexibility index (Phi) is 3.43. The van der Waals surface area contributed by atoms with Crippen LogP contribution in [0.5, 0.6) is 0 Å². The lowest BCUT2D eigenvalue weighted by Gasteiger charge is -2.23. The second-order valence-corrected chi connectivity index (χ2v) is 4.93. The van der Waals surface area contributed by atoms with Gasteiger partial charge in [-0.1, -0.05) is 0 Å². The molecule has 0 saturated carbocycles. The number of nitrogens with one attached hydrogen (secondary N) is 2. The van der Waals surface area contributed by atoms with Crippen LogP contribution in [0.25, 0.3) is 0 Å². The van der Waals surface area contributed by atoms with E-state index < -0.39 is 5.41 Å². The van der Waals surface area contributed by atoms with Crippen molar-refractivity contribution in [2.75, 3.05) is 36.2 Å². The maximum atomic E-state index is 11.9. The van der Waals surface area contributed by atoms with Crippen LogP contribution in [0, 0.1) is 5.41 Å². The Morgan fingerprint density at radius 1 is 1.53 bits per heavy atom. The molecule has 0 spiro atoms. The molecule has 6 N–H and O–H groups in total. The Balaban J connectivity index is 2.21. The molecule has 1 aliphatic heterocycles. The van der Waals surface area contributed by atoms with E-state index in [1.807, 2.05) is 11.8 Å². The number of hydrogen-bond donors (Lipinski definition) is 4. The van der Waals surface area contributed by atoms with E-state index in [0.717, 1.165) is 13.0 Å². The highest BCUT2D eigenvalue weighted by Crippen LogP contribution is 2.33. The zero-order chi connectivity index (χ0) is 14.0. The number of amides is 1. The second-order valence-electron chi connectivity index (χ2n) is 4.93. The average Bonchev–Trinajstić information content (AvgIpc) is 2.81. The van der Waals surface area contributed by atoms with Crippen molar-refractivity contribution >= 4 is 23.5 Å². The van der Waals surface area contributed by atoms with Gasteiger partial charge in [0, 0.05) is 26.2 Å². The first kappa shape index (κ1) is 13.3. The summed E-state index contributed by atoms with van der Waals surface area (Å²) in [6, 6.07) is 1.71. The lowest BCUT2D eigenvalue weighted by molar-refractivity contribution is -0.128. The molecule has 0 aromatic carbocycles. The number of aromatic nitrogens is 2. The molecule has 8 heteroatoms. The predicted octanol–water partition coefficient (Wildman–Crippen LogP) is -0.693. The number of nitrogens with two attached hydrogens (primary N) is 2. The molecule has 8 nitrogen and oxygen atoms in total. The van der Waals surface area contributed by atoms with Crippen LogP contribution in [0.1, 0.15) is 13.3 Å². The molecule has 1 fully saturated rings. The van der Waals surface area contributed by atoms with E-state index in [-0.39, 0.29) is 11.9 Å². The molecule has 1 saturated heterocycles. The van der Waals surface area contributed by atoms with Gasteiger partial charge in [0.1, 0.15) is 11.6 Å². The van der Waals surface area contributed by atoms with E-state index in [0.29, 0.717) is 18.2 Å². The molecule has 1 unspecified atom stereocenters. The molecule has 19 heavy (non-hydrogen) atoms. The maximum absolute atomic E-state index is 11.9. The molecule has 1 aromatic rings. The van der Waals surface area contributed by atoms with Gasteiger partial charge in [0.15, 0.2) is 0 Å². The third-order valence-electron chi connectivity index (χ3n) is 3.45. The van der Waals surface area contributed by atoms with Crippen LogP contribution in [0.2, 0.25) is 0 Å². The first-order chi connectivity index (χ1) is 8.98. The number of carbonyl (C=O) groups is 1. The summed E-state index contributed by atoms with van der Waals surface area (Å²) in [5.74, 6) is 6.65. The summed E-state index contributed by atoms with van der Waals surface area (Å²) in [5.41, 5.74) is 7.67. The average molecular weight is 265 g/mol.